The number of benzene rings is 1. The summed E-state index contributed by atoms with van der Waals surface area (Å²) in [6.07, 6.45) is 5.14. The summed E-state index contributed by atoms with van der Waals surface area (Å²) >= 11 is 0. The molecule has 0 fully saturated rings. The van der Waals surface area contributed by atoms with Gasteiger partial charge in [0.2, 0.25) is 0 Å². The Labute approximate surface area is 74.2 Å². The number of hydrogen-bond acceptors (Lipinski definition) is 0. The van der Waals surface area contributed by atoms with Crippen molar-refractivity contribution >= 4 is 5.57 Å². The lowest BCUT2D eigenvalue weighted by atomic mass is 10.1. The Bertz CT molecular complexity index is 267. The largest absolute Gasteiger partial charge is 0.0985 e. The highest BCUT2D eigenvalue weighted by molar-refractivity contribution is 5.73. The minimum atomic E-state index is 1.05. The van der Waals surface area contributed by atoms with Crippen LogP contribution in [0.3, 0.4) is 0 Å². The van der Waals surface area contributed by atoms with Crippen molar-refractivity contribution < 1.29 is 0 Å². The molecule has 0 aliphatic heterocycles. The van der Waals surface area contributed by atoms with E-state index in [1.807, 2.05) is 24.3 Å². The van der Waals surface area contributed by atoms with Crippen LogP contribution in [0, 0.1) is 0 Å². The van der Waals surface area contributed by atoms with Crippen LogP contribution in [0.1, 0.15) is 18.9 Å². The maximum atomic E-state index is 3.79. The van der Waals surface area contributed by atoms with Crippen LogP contribution in [-0.2, 0) is 0 Å². The fourth-order valence-electron chi connectivity index (χ4n) is 1.17. The van der Waals surface area contributed by atoms with Crippen molar-refractivity contribution in [2.24, 2.45) is 0 Å². The molecule has 0 aliphatic rings. The van der Waals surface area contributed by atoms with Gasteiger partial charge in [0.15, 0.2) is 0 Å². The van der Waals surface area contributed by atoms with Crippen LogP contribution >= 0.6 is 0 Å². The second kappa shape index (κ2) is 4.55. The highest BCUT2D eigenvalue weighted by Gasteiger charge is 1.92. The Morgan fingerprint density at radius 2 is 2.00 bits per heavy atom. The second-order valence-electron chi connectivity index (χ2n) is 2.64. The van der Waals surface area contributed by atoms with Crippen LogP contribution < -0.4 is 0 Å². The molecule has 0 N–H and O–H groups in total. The summed E-state index contributed by atoms with van der Waals surface area (Å²) < 4.78 is 0. The van der Waals surface area contributed by atoms with E-state index in [2.05, 4.69) is 31.7 Å². The van der Waals surface area contributed by atoms with Crippen molar-refractivity contribution in [2.45, 2.75) is 13.3 Å². The first kappa shape index (κ1) is 8.79. The molecule has 0 heteroatoms. The summed E-state index contributed by atoms with van der Waals surface area (Å²) in [6, 6.07) is 10.3. The Balaban J connectivity index is 2.96. The molecule has 0 spiro atoms. The van der Waals surface area contributed by atoms with Crippen molar-refractivity contribution in [3.8, 4) is 0 Å². The average molecular weight is 158 g/mol. The third-order valence-corrected chi connectivity index (χ3v) is 1.75. The molecule has 1 aromatic carbocycles. The molecule has 0 unspecified atom stereocenters. The van der Waals surface area contributed by atoms with Gasteiger partial charge >= 0.3 is 0 Å². The van der Waals surface area contributed by atoms with E-state index in [1.54, 1.807) is 0 Å². The smallest absolute Gasteiger partial charge is 0.0187 e. The van der Waals surface area contributed by atoms with Crippen molar-refractivity contribution in [3.05, 3.63) is 54.6 Å². The molecular weight excluding hydrogens is 144 g/mol. The molecule has 0 saturated carbocycles. The number of allylic oxidation sites excluding steroid dienone is 3. The van der Waals surface area contributed by atoms with Gasteiger partial charge in [0.1, 0.15) is 0 Å². The third kappa shape index (κ3) is 2.09. The van der Waals surface area contributed by atoms with E-state index in [4.69, 9.17) is 0 Å². The van der Waals surface area contributed by atoms with Crippen molar-refractivity contribution in [1.29, 1.82) is 0 Å². The van der Waals surface area contributed by atoms with Gasteiger partial charge in [0, 0.05) is 0 Å². The van der Waals surface area contributed by atoms with Crippen molar-refractivity contribution in [3.63, 3.8) is 0 Å². The minimum absolute atomic E-state index is 1.05. The summed E-state index contributed by atoms with van der Waals surface area (Å²) in [5.41, 5.74) is 2.47. The van der Waals surface area contributed by atoms with Crippen molar-refractivity contribution in [2.75, 3.05) is 0 Å². The lowest BCUT2D eigenvalue weighted by molar-refractivity contribution is 1.23. The highest BCUT2D eigenvalue weighted by atomic mass is 14.0. The van der Waals surface area contributed by atoms with E-state index in [-0.39, 0.29) is 0 Å². The van der Waals surface area contributed by atoms with Crippen LogP contribution in [0.5, 0.6) is 0 Å². The van der Waals surface area contributed by atoms with E-state index in [1.165, 1.54) is 11.1 Å². The zero-order valence-electron chi connectivity index (χ0n) is 7.46. The van der Waals surface area contributed by atoms with Gasteiger partial charge in [-0.2, -0.15) is 0 Å². The second-order valence-corrected chi connectivity index (χ2v) is 2.64. The molecule has 0 nitrogen and oxygen atoms in total. The van der Waals surface area contributed by atoms with Gasteiger partial charge in [-0.25, -0.2) is 0 Å². The molecule has 1 rings (SSSR count). The summed E-state index contributed by atoms with van der Waals surface area (Å²) in [6.45, 7) is 5.92. The molecule has 0 saturated heterocycles. The molecule has 62 valence electrons. The minimum Gasteiger partial charge on any atom is -0.0985 e. The molecule has 0 amide bonds. The third-order valence-electron chi connectivity index (χ3n) is 1.75. The Kier molecular flexibility index (Phi) is 3.34. The van der Waals surface area contributed by atoms with Crippen LogP contribution in [0.15, 0.2) is 49.1 Å². The molecule has 0 radical (unpaired) electrons. The van der Waals surface area contributed by atoms with Crippen LogP contribution in [-0.4, -0.2) is 0 Å². The lowest BCUT2D eigenvalue weighted by Gasteiger charge is -2.00. The van der Waals surface area contributed by atoms with Crippen LogP contribution in [0.4, 0.5) is 0 Å². The first-order valence-corrected chi connectivity index (χ1v) is 4.26. The van der Waals surface area contributed by atoms with Gasteiger partial charge in [0.25, 0.3) is 0 Å². The zero-order valence-corrected chi connectivity index (χ0v) is 7.46. The predicted octanol–water partition coefficient (Wildman–Crippen LogP) is 3.67. The molecule has 0 bridgehead atoms. The fourth-order valence-corrected chi connectivity index (χ4v) is 1.17. The molecule has 0 heterocycles. The van der Waals surface area contributed by atoms with Crippen LogP contribution in [0.25, 0.3) is 5.57 Å². The highest BCUT2D eigenvalue weighted by Crippen LogP contribution is 2.14. The van der Waals surface area contributed by atoms with Gasteiger partial charge in [0.05, 0.1) is 0 Å². The van der Waals surface area contributed by atoms with Gasteiger partial charge in [-0.15, -0.1) is 0 Å². The van der Waals surface area contributed by atoms with Gasteiger partial charge in [-0.05, 0) is 17.6 Å². The molecule has 0 aromatic heterocycles. The summed E-state index contributed by atoms with van der Waals surface area (Å²) in [5, 5.41) is 0. The van der Waals surface area contributed by atoms with Gasteiger partial charge in [-0.3, -0.25) is 0 Å². The predicted molar refractivity (Wildman–Crippen MR) is 54.9 cm³/mol. The quantitative estimate of drug-likeness (QED) is 0.589. The Hall–Kier alpha value is -1.30. The van der Waals surface area contributed by atoms with E-state index in [0.717, 1.165) is 6.42 Å². The monoisotopic (exact) mass is 158 g/mol. The lowest BCUT2D eigenvalue weighted by Crippen LogP contribution is -1.78. The Morgan fingerprint density at radius 3 is 2.50 bits per heavy atom. The molecular formula is C12H14. The topological polar surface area (TPSA) is 0 Å². The van der Waals surface area contributed by atoms with E-state index < -0.39 is 0 Å². The Morgan fingerprint density at radius 1 is 1.33 bits per heavy atom. The average Bonchev–Trinajstić information content (AvgIpc) is 2.15. The maximum absolute atomic E-state index is 3.79. The van der Waals surface area contributed by atoms with Crippen LogP contribution in [0.2, 0.25) is 0 Å². The fraction of sp³-hybridized carbons (Fsp3) is 0.167. The molecule has 12 heavy (non-hydrogen) atoms. The maximum Gasteiger partial charge on any atom is -0.0187 e. The number of hydrogen-bond donors (Lipinski definition) is 0. The first-order chi connectivity index (χ1) is 5.88. The van der Waals surface area contributed by atoms with E-state index in [0.29, 0.717) is 0 Å². The summed E-state index contributed by atoms with van der Waals surface area (Å²) in [5.74, 6) is 0. The van der Waals surface area contributed by atoms with Gasteiger partial charge in [-0.1, -0.05) is 56.0 Å². The zero-order chi connectivity index (χ0) is 8.81. The summed E-state index contributed by atoms with van der Waals surface area (Å²) in [4.78, 5) is 0. The standard InChI is InChI=1S/C12H14/c1-3-8-11(4-2)12-9-6-5-7-10-12/h4-10H,2-3H2,1H3/b11-8+. The first-order valence-electron chi connectivity index (χ1n) is 4.26. The normalized spacial score (nSPS) is 11.2. The molecule has 1 aromatic rings. The SMILES string of the molecule is C=C/C(=C\CC)c1ccccc1. The molecule has 0 atom stereocenters. The van der Waals surface area contributed by atoms with Crippen molar-refractivity contribution in [1.82, 2.24) is 0 Å². The van der Waals surface area contributed by atoms with E-state index >= 15 is 0 Å². The van der Waals surface area contributed by atoms with E-state index in [9.17, 15) is 0 Å². The van der Waals surface area contributed by atoms with Gasteiger partial charge < -0.3 is 0 Å². The molecule has 0 aliphatic carbocycles. The summed E-state index contributed by atoms with van der Waals surface area (Å²) in [7, 11) is 0. The number of rotatable bonds is 3.